The third kappa shape index (κ3) is 5.65. The summed E-state index contributed by atoms with van der Waals surface area (Å²) < 4.78 is 6.99. The SMILES string of the molecule is Cc1ccc(COc2ccccc2/C=N\NC(=O)c2ccc(I)cc2)cc1. The molecule has 4 nitrogen and oxygen atoms in total. The predicted octanol–water partition coefficient (Wildman–Crippen LogP) is 4.94. The summed E-state index contributed by atoms with van der Waals surface area (Å²) in [5, 5.41) is 4.06. The van der Waals surface area contributed by atoms with Crippen LogP contribution in [0.3, 0.4) is 0 Å². The van der Waals surface area contributed by atoms with E-state index >= 15 is 0 Å². The number of aryl methyl sites for hydroxylation is 1. The Hall–Kier alpha value is -2.67. The van der Waals surface area contributed by atoms with Crippen molar-refractivity contribution in [2.24, 2.45) is 5.10 Å². The summed E-state index contributed by atoms with van der Waals surface area (Å²) in [6, 6.07) is 23.1. The largest absolute Gasteiger partial charge is 0.488 e. The second-order valence-corrected chi connectivity index (χ2v) is 7.26. The Balaban J connectivity index is 1.62. The molecule has 0 saturated carbocycles. The van der Waals surface area contributed by atoms with Crippen LogP contribution < -0.4 is 10.2 Å². The molecule has 3 aromatic rings. The normalized spacial score (nSPS) is 10.7. The molecule has 0 radical (unpaired) electrons. The van der Waals surface area contributed by atoms with Crippen molar-refractivity contribution in [3.8, 4) is 5.75 Å². The van der Waals surface area contributed by atoms with Gasteiger partial charge in [0, 0.05) is 14.7 Å². The smallest absolute Gasteiger partial charge is 0.271 e. The van der Waals surface area contributed by atoms with Crippen LogP contribution in [0.5, 0.6) is 5.75 Å². The number of rotatable bonds is 6. The van der Waals surface area contributed by atoms with E-state index in [0.717, 1.165) is 14.7 Å². The van der Waals surface area contributed by atoms with Crippen LogP contribution in [-0.4, -0.2) is 12.1 Å². The summed E-state index contributed by atoms with van der Waals surface area (Å²) in [6.07, 6.45) is 1.59. The Morgan fingerprint density at radius 2 is 1.74 bits per heavy atom. The predicted molar refractivity (Wildman–Crippen MR) is 116 cm³/mol. The maximum atomic E-state index is 12.1. The summed E-state index contributed by atoms with van der Waals surface area (Å²) in [7, 11) is 0. The minimum Gasteiger partial charge on any atom is -0.488 e. The number of nitrogens with one attached hydrogen (secondary N) is 1. The summed E-state index contributed by atoms with van der Waals surface area (Å²) in [4.78, 5) is 12.1. The van der Waals surface area contributed by atoms with Gasteiger partial charge >= 0.3 is 0 Å². The Kier molecular flexibility index (Phi) is 6.59. The molecule has 0 heterocycles. The van der Waals surface area contributed by atoms with Crippen LogP contribution in [0.4, 0.5) is 0 Å². The quantitative estimate of drug-likeness (QED) is 0.315. The molecule has 1 amide bonds. The van der Waals surface area contributed by atoms with Crippen molar-refractivity contribution in [2.45, 2.75) is 13.5 Å². The topological polar surface area (TPSA) is 50.7 Å². The van der Waals surface area contributed by atoms with Crippen molar-refractivity contribution in [2.75, 3.05) is 0 Å². The van der Waals surface area contributed by atoms with Gasteiger partial charge in [-0.2, -0.15) is 5.10 Å². The van der Waals surface area contributed by atoms with Gasteiger partial charge in [-0.25, -0.2) is 5.43 Å². The van der Waals surface area contributed by atoms with Crippen molar-refractivity contribution < 1.29 is 9.53 Å². The van der Waals surface area contributed by atoms with Crippen LogP contribution in [0.15, 0.2) is 77.9 Å². The number of nitrogens with zero attached hydrogens (tertiary/aromatic N) is 1. The van der Waals surface area contributed by atoms with E-state index in [9.17, 15) is 4.79 Å². The molecular formula is C22H19IN2O2. The van der Waals surface area contributed by atoms with Crippen molar-refractivity contribution >= 4 is 34.7 Å². The molecule has 0 aliphatic rings. The first kappa shape index (κ1) is 19.1. The number of halogens is 1. The van der Waals surface area contributed by atoms with Gasteiger partial charge in [0.1, 0.15) is 12.4 Å². The van der Waals surface area contributed by atoms with Gasteiger partial charge < -0.3 is 4.74 Å². The van der Waals surface area contributed by atoms with Gasteiger partial charge in [0.15, 0.2) is 0 Å². The van der Waals surface area contributed by atoms with Crippen LogP contribution in [0.2, 0.25) is 0 Å². The maximum Gasteiger partial charge on any atom is 0.271 e. The van der Waals surface area contributed by atoms with E-state index in [1.54, 1.807) is 18.3 Å². The number of hydrogen-bond donors (Lipinski definition) is 1. The number of hydrogen-bond acceptors (Lipinski definition) is 3. The molecule has 136 valence electrons. The number of benzene rings is 3. The molecule has 0 fully saturated rings. The van der Waals surface area contributed by atoms with E-state index < -0.39 is 0 Å². The van der Waals surface area contributed by atoms with E-state index in [0.29, 0.717) is 17.9 Å². The van der Waals surface area contributed by atoms with E-state index in [-0.39, 0.29) is 5.91 Å². The van der Waals surface area contributed by atoms with Crippen LogP contribution in [0.1, 0.15) is 27.0 Å². The third-order valence-electron chi connectivity index (χ3n) is 3.91. The van der Waals surface area contributed by atoms with E-state index in [2.05, 4.69) is 52.2 Å². The van der Waals surface area contributed by atoms with Gasteiger partial charge in [-0.05, 0) is 71.5 Å². The third-order valence-corrected chi connectivity index (χ3v) is 4.63. The average molecular weight is 470 g/mol. The Morgan fingerprint density at radius 3 is 2.48 bits per heavy atom. The maximum absolute atomic E-state index is 12.1. The van der Waals surface area contributed by atoms with Gasteiger partial charge in [0.2, 0.25) is 0 Å². The highest BCUT2D eigenvalue weighted by atomic mass is 127. The minimum atomic E-state index is -0.249. The fraction of sp³-hybridized carbons (Fsp3) is 0.0909. The molecule has 0 unspecified atom stereocenters. The summed E-state index contributed by atoms with van der Waals surface area (Å²) in [5.74, 6) is 0.464. The number of amides is 1. The second kappa shape index (κ2) is 9.32. The first-order chi connectivity index (χ1) is 13.1. The molecule has 0 atom stereocenters. The summed E-state index contributed by atoms with van der Waals surface area (Å²) in [5.41, 5.74) is 6.23. The van der Waals surface area contributed by atoms with Gasteiger partial charge in [0.05, 0.1) is 6.21 Å². The zero-order chi connectivity index (χ0) is 19.1. The van der Waals surface area contributed by atoms with E-state index in [1.165, 1.54) is 5.56 Å². The molecule has 0 aliphatic carbocycles. The van der Waals surface area contributed by atoms with Crippen molar-refractivity contribution in [1.82, 2.24) is 5.43 Å². The molecule has 5 heteroatoms. The monoisotopic (exact) mass is 470 g/mol. The van der Waals surface area contributed by atoms with Crippen LogP contribution in [-0.2, 0) is 6.61 Å². The molecule has 0 saturated heterocycles. The lowest BCUT2D eigenvalue weighted by Gasteiger charge is -2.09. The number of carbonyl (C=O) groups excluding carboxylic acids is 1. The molecule has 0 bridgehead atoms. The summed E-state index contributed by atoms with van der Waals surface area (Å²) in [6.45, 7) is 2.53. The number of hydrazone groups is 1. The zero-order valence-electron chi connectivity index (χ0n) is 14.9. The molecule has 0 aliphatic heterocycles. The van der Waals surface area contributed by atoms with Gasteiger partial charge in [-0.15, -0.1) is 0 Å². The standard InChI is InChI=1S/C22H19IN2O2/c1-16-6-8-17(9-7-16)15-27-21-5-3-2-4-19(21)14-24-25-22(26)18-10-12-20(23)13-11-18/h2-14H,15H2,1H3,(H,25,26)/b24-14-. The zero-order valence-corrected chi connectivity index (χ0v) is 17.0. The van der Waals surface area contributed by atoms with Crippen molar-refractivity contribution in [3.05, 3.63) is 98.6 Å². The number of para-hydroxylation sites is 1. The van der Waals surface area contributed by atoms with E-state index in [1.807, 2.05) is 48.5 Å². The van der Waals surface area contributed by atoms with Crippen molar-refractivity contribution in [1.29, 1.82) is 0 Å². The second-order valence-electron chi connectivity index (χ2n) is 6.02. The number of ether oxygens (including phenoxy) is 1. The molecule has 3 rings (SSSR count). The fourth-order valence-corrected chi connectivity index (χ4v) is 2.75. The Labute approximate surface area is 172 Å². The lowest BCUT2D eigenvalue weighted by atomic mass is 10.1. The lowest BCUT2D eigenvalue weighted by molar-refractivity contribution is 0.0955. The number of carbonyl (C=O) groups is 1. The first-order valence-electron chi connectivity index (χ1n) is 8.48. The van der Waals surface area contributed by atoms with Crippen LogP contribution in [0.25, 0.3) is 0 Å². The van der Waals surface area contributed by atoms with E-state index in [4.69, 9.17) is 4.74 Å². The highest BCUT2D eigenvalue weighted by Gasteiger charge is 2.04. The Bertz CT molecular complexity index is 935. The molecule has 27 heavy (non-hydrogen) atoms. The van der Waals surface area contributed by atoms with Crippen molar-refractivity contribution in [3.63, 3.8) is 0 Å². The lowest BCUT2D eigenvalue weighted by Crippen LogP contribution is -2.17. The van der Waals surface area contributed by atoms with Gasteiger partial charge in [-0.1, -0.05) is 42.0 Å². The minimum absolute atomic E-state index is 0.249. The molecule has 0 spiro atoms. The Morgan fingerprint density at radius 1 is 1.04 bits per heavy atom. The average Bonchev–Trinajstić information content (AvgIpc) is 2.69. The van der Waals surface area contributed by atoms with Gasteiger partial charge in [0.25, 0.3) is 5.91 Å². The molecular weight excluding hydrogens is 451 g/mol. The molecule has 1 N–H and O–H groups in total. The van der Waals surface area contributed by atoms with Crippen LogP contribution >= 0.6 is 22.6 Å². The van der Waals surface area contributed by atoms with Gasteiger partial charge in [-0.3, -0.25) is 4.79 Å². The van der Waals surface area contributed by atoms with Crippen LogP contribution in [0, 0.1) is 10.5 Å². The highest BCUT2D eigenvalue weighted by molar-refractivity contribution is 14.1. The molecule has 0 aromatic heterocycles. The first-order valence-corrected chi connectivity index (χ1v) is 9.56. The fourth-order valence-electron chi connectivity index (χ4n) is 2.39. The summed E-state index contributed by atoms with van der Waals surface area (Å²) >= 11 is 2.20. The highest BCUT2D eigenvalue weighted by Crippen LogP contribution is 2.18. The molecule has 3 aromatic carbocycles.